The van der Waals surface area contributed by atoms with Gasteiger partial charge in [-0.3, -0.25) is 0 Å². The highest BCUT2D eigenvalue weighted by Gasteiger charge is 2.29. The van der Waals surface area contributed by atoms with Gasteiger partial charge in [0.05, 0.1) is 19.4 Å². The third kappa shape index (κ3) is 2.98. The highest BCUT2D eigenvalue weighted by atomic mass is 32.2. The van der Waals surface area contributed by atoms with E-state index in [0.29, 0.717) is 0 Å². The number of nitrogens with zero attached hydrogens (tertiary/aromatic N) is 2. The number of aromatic nitrogens is 2. The van der Waals surface area contributed by atoms with E-state index in [1.54, 1.807) is 0 Å². The maximum Gasteiger partial charge on any atom is 0.249 e. The molecule has 1 aliphatic heterocycles. The average molecular weight is 404 g/mol. The number of sulfonamides is 1. The fourth-order valence-electron chi connectivity index (χ4n) is 4.57. The summed E-state index contributed by atoms with van der Waals surface area (Å²) in [6, 6.07) is 2.35. The second kappa shape index (κ2) is 6.75. The summed E-state index contributed by atoms with van der Waals surface area (Å²) in [5.41, 5.74) is 6.63. The number of fused-ring (bicyclic) bond motifs is 3. The zero-order chi connectivity index (χ0) is 19.3. The topological polar surface area (TPSA) is 105 Å². The van der Waals surface area contributed by atoms with Gasteiger partial charge in [0.15, 0.2) is 4.90 Å². The Bertz CT molecular complexity index is 999. The number of nitrogens with one attached hydrogen (secondary N) is 2. The van der Waals surface area contributed by atoms with Crippen LogP contribution in [-0.2, 0) is 42.3 Å². The number of hydrogen-bond acceptors (Lipinski definition) is 6. The van der Waals surface area contributed by atoms with Crippen LogP contribution in [0.4, 0.5) is 5.69 Å². The maximum absolute atomic E-state index is 12.8. The smallest absolute Gasteiger partial charge is 0.249 e. The molecule has 2 aromatic rings. The second-order valence-corrected chi connectivity index (χ2v) is 9.43. The number of rotatable bonds is 5. The van der Waals surface area contributed by atoms with E-state index < -0.39 is 16.1 Å². The Balaban J connectivity index is 1.34. The molecule has 3 N–H and O–H groups in total. The van der Waals surface area contributed by atoms with Crippen LogP contribution in [0.5, 0.6) is 5.88 Å². The summed E-state index contributed by atoms with van der Waals surface area (Å²) < 4.78 is 34.9. The van der Waals surface area contributed by atoms with Crippen LogP contribution < -0.4 is 14.8 Å². The first-order valence-corrected chi connectivity index (χ1v) is 11.3. The number of aliphatic hydroxyl groups is 1. The van der Waals surface area contributed by atoms with Crippen molar-refractivity contribution in [3.63, 3.8) is 0 Å². The minimum atomic E-state index is -3.78. The van der Waals surface area contributed by atoms with Crippen LogP contribution in [-0.4, -0.2) is 42.7 Å². The average Bonchev–Trinajstić information content (AvgIpc) is 3.39. The van der Waals surface area contributed by atoms with E-state index in [0.717, 1.165) is 44.2 Å². The summed E-state index contributed by atoms with van der Waals surface area (Å²) in [7, 11) is -3.78. The van der Waals surface area contributed by atoms with E-state index in [9.17, 15) is 13.5 Å². The molecular weight excluding hydrogens is 380 g/mol. The van der Waals surface area contributed by atoms with Crippen LogP contribution in [0.1, 0.15) is 35.1 Å². The van der Waals surface area contributed by atoms with E-state index in [4.69, 9.17) is 4.74 Å². The zero-order valence-corrected chi connectivity index (χ0v) is 16.4. The number of ether oxygens (including phenoxy) is 1. The van der Waals surface area contributed by atoms with Crippen molar-refractivity contribution in [2.75, 3.05) is 18.6 Å². The van der Waals surface area contributed by atoms with Crippen LogP contribution in [0.25, 0.3) is 0 Å². The minimum absolute atomic E-state index is 0.00437. The van der Waals surface area contributed by atoms with Crippen molar-refractivity contribution in [3.8, 4) is 5.88 Å². The molecule has 2 aliphatic carbocycles. The van der Waals surface area contributed by atoms with Gasteiger partial charge in [-0.1, -0.05) is 6.07 Å². The molecule has 0 radical (unpaired) electrons. The first kappa shape index (κ1) is 18.0. The lowest BCUT2D eigenvalue weighted by atomic mass is 9.99. The van der Waals surface area contributed by atoms with Crippen LogP contribution in [0.2, 0.25) is 0 Å². The molecule has 5 rings (SSSR count). The van der Waals surface area contributed by atoms with Crippen LogP contribution in [0.3, 0.4) is 0 Å². The molecule has 0 fully saturated rings. The monoisotopic (exact) mass is 404 g/mol. The van der Waals surface area contributed by atoms with Gasteiger partial charge in [0.2, 0.25) is 15.9 Å². The van der Waals surface area contributed by atoms with Gasteiger partial charge in [-0.15, -0.1) is 0 Å². The molecule has 1 aromatic heterocycles. The Morgan fingerprint density at radius 1 is 1.18 bits per heavy atom. The molecule has 150 valence electrons. The van der Waals surface area contributed by atoms with Gasteiger partial charge in [-0.05, 0) is 60.8 Å². The van der Waals surface area contributed by atoms with Gasteiger partial charge < -0.3 is 15.2 Å². The molecule has 0 spiro atoms. The zero-order valence-electron chi connectivity index (χ0n) is 15.6. The minimum Gasteiger partial charge on any atom is -0.474 e. The predicted octanol–water partition coefficient (Wildman–Crippen LogP) is 0.962. The third-order valence-corrected chi connectivity index (χ3v) is 7.23. The van der Waals surface area contributed by atoms with Gasteiger partial charge in [0, 0.05) is 5.69 Å². The number of hydrogen-bond donors (Lipinski definition) is 3. The van der Waals surface area contributed by atoms with Crippen molar-refractivity contribution in [1.82, 2.24) is 14.5 Å². The van der Waals surface area contributed by atoms with Crippen molar-refractivity contribution in [3.05, 3.63) is 34.5 Å². The Kier molecular flexibility index (Phi) is 4.33. The standard InChI is InChI=1S/C19H24N4O4S/c24-14-9-23-19(27-10-14)17(8-21-23)28(25,26)22-11-20-18-15-5-1-3-12(15)7-13-4-2-6-16(13)18/h7-8,14,20,22,24H,1-6,9-11H2/t14-/m1/s1. The van der Waals surface area contributed by atoms with Crippen molar-refractivity contribution in [1.29, 1.82) is 0 Å². The van der Waals surface area contributed by atoms with Crippen molar-refractivity contribution in [2.24, 2.45) is 0 Å². The predicted molar refractivity (Wildman–Crippen MR) is 103 cm³/mol. The van der Waals surface area contributed by atoms with Gasteiger partial charge in [0.25, 0.3) is 0 Å². The SMILES string of the molecule is O=S(=O)(NCNc1c2c(cc3c1CCC3)CCC2)c1cnn2c1OC[C@H](O)C2. The molecular formula is C19H24N4O4S. The number of benzene rings is 1. The van der Waals surface area contributed by atoms with Crippen molar-refractivity contribution in [2.45, 2.75) is 56.1 Å². The van der Waals surface area contributed by atoms with Gasteiger partial charge >= 0.3 is 0 Å². The quantitative estimate of drug-likeness (QED) is 0.641. The Labute approximate surface area is 163 Å². The molecule has 0 saturated carbocycles. The van der Waals surface area contributed by atoms with E-state index in [1.165, 1.54) is 33.1 Å². The van der Waals surface area contributed by atoms with Crippen LogP contribution >= 0.6 is 0 Å². The summed E-state index contributed by atoms with van der Waals surface area (Å²) in [6.07, 6.45) is 7.21. The van der Waals surface area contributed by atoms with Gasteiger partial charge in [0.1, 0.15) is 12.7 Å². The first-order valence-electron chi connectivity index (χ1n) is 9.79. The summed E-state index contributed by atoms with van der Waals surface area (Å²) in [6.45, 7) is 0.401. The Hall–Kier alpha value is -2.10. The molecule has 3 aliphatic rings. The van der Waals surface area contributed by atoms with Crippen LogP contribution in [0, 0.1) is 0 Å². The molecule has 0 bridgehead atoms. The van der Waals surface area contributed by atoms with E-state index in [1.807, 2.05) is 0 Å². The van der Waals surface area contributed by atoms with E-state index in [-0.39, 0.29) is 30.6 Å². The first-order chi connectivity index (χ1) is 13.5. The third-order valence-electron chi connectivity index (χ3n) is 5.85. The molecule has 8 nitrogen and oxygen atoms in total. The fourth-order valence-corrected chi connectivity index (χ4v) is 5.57. The molecule has 1 aromatic carbocycles. The summed E-state index contributed by atoms with van der Waals surface area (Å²) >= 11 is 0. The Morgan fingerprint density at radius 3 is 2.61 bits per heavy atom. The van der Waals surface area contributed by atoms with E-state index in [2.05, 4.69) is 21.2 Å². The summed E-state index contributed by atoms with van der Waals surface area (Å²) in [5.74, 6) is 0.180. The second-order valence-electron chi connectivity index (χ2n) is 7.70. The highest BCUT2D eigenvalue weighted by molar-refractivity contribution is 7.89. The van der Waals surface area contributed by atoms with Crippen LogP contribution in [0.15, 0.2) is 17.2 Å². The maximum atomic E-state index is 12.8. The Morgan fingerprint density at radius 2 is 1.89 bits per heavy atom. The molecule has 0 amide bonds. The molecule has 1 atom stereocenters. The van der Waals surface area contributed by atoms with Gasteiger partial charge in [-0.2, -0.15) is 9.82 Å². The molecule has 9 heteroatoms. The summed E-state index contributed by atoms with van der Waals surface area (Å²) in [4.78, 5) is 0.00437. The summed E-state index contributed by atoms with van der Waals surface area (Å²) in [5, 5.41) is 17.0. The normalized spacial score (nSPS) is 20.4. The lowest BCUT2D eigenvalue weighted by Crippen LogP contribution is -2.32. The number of aliphatic hydroxyl groups excluding tert-OH is 1. The molecule has 2 heterocycles. The van der Waals surface area contributed by atoms with Crippen molar-refractivity contribution >= 4 is 15.7 Å². The molecule has 0 saturated heterocycles. The van der Waals surface area contributed by atoms with E-state index >= 15 is 0 Å². The largest absolute Gasteiger partial charge is 0.474 e. The lowest BCUT2D eigenvalue weighted by Gasteiger charge is -2.21. The number of anilines is 1. The molecule has 0 unspecified atom stereocenters. The number of aryl methyl sites for hydroxylation is 2. The van der Waals surface area contributed by atoms with Crippen molar-refractivity contribution < 1.29 is 18.3 Å². The lowest BCUT2D eigenvalue weighted by molar-refractivity contribution is 0.0537. The fraction of sp³-hybridized carbons (Fsp3) is 0.526. The molecule has 28 heavy (non-hydrogen) atoms. The van der Waals surface area contributed by atoms with Gasteiger partial charge in [-0.25, -0.2) is 13.1 Å². The highest BCUT2D eigenvalue weighted by Crippen LogP contribution is 2.38.